The first-order valence-electron chi connectivity index (χ1n) is 8.52. The summed E-state index contributed by atoms with van der Waals surface area (Å²) in [5, 5.41) is 3.13. The Morgan fingerprint density at radius 3 is 2.91 bits per heavy atom. The number of allylic oxidation sites excluding steroid dienone is 1. The molecule has 5 heteroatoms. The monoisotopic (exact) mass is 315 g/mol. The highest BCUT2D eigenvalue weighted by Gasteiger charge is 2.29. The van der Waals surface area contributed by atoms with Gasteiger partial charge in [-0.05, 0) is 37.3 Å². The van der Waals surface area contributed by atoms with Crippen molar-refractivity contribution in [2.24, 2.45) is 0 Å². The van der Waals surface area contributed by atoms with Gasteiger partial charge in [-0.2, -0.15) is 0 Å². The average molecular weight is 315 g/mol. The maximum absolute atomic E-state index is 12.8. The van der Waals surface area contributed by atoms with Gasteiger partial charge in [-0.25, -0.2) is 0 Å². The number of amides is 1. The minimum Gasteiger partial charge on any atom is -0.379 e. The highest BCUT2D eigenvalue weighted by molar-refractivity contribution is 5.83. The molecule has 0 radical (unpaired) electrons. The van der Waals surface area contributed by atoms with Gasteiger partial charge >= 0.3 is 0 Å². The molecule has 1 amide bonds. The fraction of sp³-hybridized carbons (Fsp3) is 0.556. The van der Waals surface area contributed by atoms with E-state index in [0.717, 1.165) is 31.5 Å². The Morgan fingerprint density at radius 1 is 1.35 bits per heavy atom. The molecule has 2 heterocycles. The van der Waals surface area contributed by atoms with Crippen LogP contribution in [-0.4, -0.2) is 48.6 Å². The first kappa shape index (κ1) is 16.1. The zero-order valence-electron chi connectivity index (χ0n) is 13.5. The van der Waals surface area contributed by atoms with Crippen molar-refractivity contribution in [2.45, 2.75) is 31.7 Å². The average Bonchev–Trinajstić information content (AvgIpc) is 2.63. The van der Waals surface area contributed by atoms with Gasteiger partial charge in [0.05, 0.1) is 13.2 Å². The zero-order chi connectivity index (χ0) is 15.9. The van der Waals surface area contributed by atoms with E-state index in [0.29, 0.717) is 19.8 Å². The second-order valence-corrected chi connectivity index (χ2v) is 6.16. The molecule has 1 saturated heterocycles. The number of rotatable bonds is 5. The van der Waals surface area contributed by atoms with E-state index in [2.05, 4.69) is 21.3 Å². The van der Waals surface area contributed by atoms with Crippen LogP contribution < -0.4 is 5.32 Å². The summed E-state index contributed by atoms with van der Waals surface area (Å²) >= 11 is 0. The molecular weight excluding hydrogens is 290 g/mol. The van der Waals surface area contributed by atoms with Gasteiger partial charge in [-0.3, -0.25) is 14.7 Å². The fourth-order valence-corrected chi connectivity index (χ4v) is 3.26. The van der Waals surface area contributed by atoms with E-state index < -0.39 is 0 Å². The first-order valence-corrected chi connectivity index (χ1v) is 8.52. The van der Waals surface area contributed by atoms with Gasteiger partial charge in [0.25, 0.3) is 0 Å². The lowest BCUT2D eigenvalue weighted by atomic mass is 9.99. The van der Waals surface area contributed by atoms with Crippen molar-refractivity contribution in [3.8, 4) is 0 Å². The number of carbonyl (C=O) groups excluding carboxylic acids is 1. The molecule has 3 rings (SSSR count). The topological polar surface area (TPSA) is 54.5 Å². The highest BCUT2D eigenvalue weighted by Crippen LogP contribution is 2.22. The van der Waals surface area contributed by atoms with Crippen LogP contribution in [0.3, 0.4) is 0 Å². The van der Waals surface area contributed by atoms with Crippen molar-refractivity contribution < 1.29 is 9.53 Å². The Balaban J connectivity index is 1.69. The molecule has 0 unspecified atom stereocenters. The van der Waals surface area contributed by atoms with E-state index in [1.54, 1.807) is 12.4 Å². The van der Waals surface area contributed by atoms with Crippen LogP contribution in [0.5, 0.6) is 0 Å². The lowest BCUT2D eigenvalue weighted by molar-refractivity contribution is -0.128. The number of carbonyl (C=O) groups is 1. The van der Waals surface area contributed by atoms with Gasteiger partial charge in [0.1, 0.15) is 6.04 Å². The van der Waals surface area contributed by atoms with Crippen molar-refractivity contribution in [3.63, 3.8) is 0 Å². The van der Waals surface area contributed by atoms with Crippen molar-refractivity contribution in [1.82, 2.24) is 15.2 Å². The van der Waals surface area contributed by atoms with Crippen LogP contribution in [0.25, 0.3) is 0 Å². The number of aromatic nitrogens is 1. The van der Waals surface area contributed by atoms with Crippen LogP contribution >= 0.6 is 0 Å². The minimum absolute atomic E-state index is 0.0615. The van der Waals surface area contributed by atoms with Crippen LogP contribution in [0.2, 0.25) is 0 Å². The Kier molecular flexibility index (Phi) is 5.77. The van der Waals surface area contributed by atoms with Crippen molar-refractivity contribution in [2.75, 3.05) is 32.8 Å². The summed E-state index contributed by atoms with van der Waals surface area (Å²) in [5.74, 6) is 0.0615. The molecule has 5 nitrogen and oxygen atoms in total. The quantitative estimate of drug-likeness (QED) is 0.845. The second-order valence-electron chi connectivity index (χ2n) is 6.16. The smallest absolute Gasteiger partial charge is 0.242 e. The largest absolute Gasteiger partial charge is 0.379 e. The fourth-order valence-electron chi connectivity index (χ4n) is 3.26. The Morgan fingerprint density at radius 2 is 2.22 bits per heavy atom. The standard InChI is InChI=1S/C18H25N3O2/c22-18(20-13-15-5-2-1-3-6-15)17(16-7-4-8-19-14-16)21-9-11-23-12-10-21/h4-5,7-8,14,17H,1-3,6,9-13H2,(H,20,22)/t17-/m1/s1. The van der Waals surface area contributed by atoms with Crippen molar-refractivity contribution >= 4 is 5.91 Å². The van der Waals surface area contributed by atoms with Crippen LogP contribution in [0, 0.1) is 0 Å². The Labute approximate surface area is 137 Å². The first-order chi connectivity index (χ1) is 11.3. The third-order valence-electron chi connectivity index (χ3n) is 4.53. The number of nitrogens with zero attached hydrogens (tertiary/aromatic N) is 2. The normalized spacial score (nSPS) is 20.6. The second kappa shape index (κ2) is 8.22. The van der Waals surface area contributed by atoms with Crippen LogP contribution in [0.1, 0.15) is 37.3 Å². The molecule has 124 valence electrons. The SMILES string of the molecule is O=C(NCC1=CCCCC1)[C@@H](c1cccnc1)N1CCOCC1. The van der Waals surface area contributed by atoms with Gasteiger partial charge < -0.3 is 10.1 Å². The summed E-state index contributed by atoms with van der Waals surface area (Å²) in [4.78, 5) is 19.2. The molecule has 2 aliphatic rings. The zero-order valence-corrected chi connectivity index (χ0v) is 13.5. The number of morpholine rings is 1. The van der Waals surface area contributed by atoms with E-state index in [-0.39, 0.29) is 11.9 Å². The van der Waals surface area contributed by atoms with Crippen LogP contribution in [0.4, 0.5) is 0 Å². The predicted octanol–water partition coefficient (Wildman–Crippen LogP) is 2.07. The number of ether oxygens (including phenoxy) is 1. The summed E-state index contributed by atoms with van der Waals surface area (Å²) in [5.41, 5.74) is 2.31. The Hall–Kier alpha value is -1.72. The van der Waals surface area contributed by atoms with Crippen molar-refractivity contribution in [1.29, 1.82) is 0 Å². The number of hydrogen-bond acceptors (Lipinski definition) is 4. The van der Waals surface area contributed by atoms with Crippen LogP contribution in [-0.2, 0) is 9.53 Å². The van der Waals surface area contributed by atoms with E-state index in [4.69, 9.17) is 4.74 Å². The van der Waals surface area contributed by atoms with Gasteiger partial charge in [0, 0.05) is 32.0 Å². The third kappa shape index (κ3) is 4.39. The van der Waals surface area contributed by atoms with Gasteiger partial charge in [-0.1, -0.05) is 17.7 Å². The molecule has 0 saturated carbocycles. The molecular formula is C18H25N3O2. The van der Waals surface area contributed by atoms with Gasteiger partial charge in [0.2, 0.25) is 5.91 Å². The lowest BCUT2D eigenvalue weighted by Gasteiger charge is -2.33. The molecule has 0 aromatic carbocycles. The molecule has 0 bridgehead atoms. The maximum atomic E-state index is 12.8. The summed E-state index contributed by atoms with van der Waals surface area (Å²) < 4.78 is 5.42. The number of nitrogens with one attached hydrogen (secondary N) is 1. The third-order valence-corrected chi connectivity index (χ3v) is 4.53. The number of hydrogen-bond donors (Lipinski definition) is 1. The molecule has 1 aromatic rings. The molecule has 1 aliphatic carbocycles. The molecule has 23 heavy (non-hydrogen) atoms. The Bertz CT molecular complexity index is 538. The summed E-state index contributed by atoms with van der Waals surface area (Å²) in [6.07, 6.45) is 10.6. The number of pyridine rings is 1. The maximum Gasteiger partial charge on any atom is 0.242 e. The molecule has 1 aliphatic heterocycles. The molecule has 1 N–H and O–H groups in total. The molecule has 1 atom stereocenters. The highest BCUT2D eigenvalue weighted by atomic mass is 16.5. The van der Waals surface area contributed by atoms with Crippen LogP contribution in [0.15, 0.2) is 36.2 Å². The molecule has 1 fully saturated rings. The summed E-state index contributed by atoms with van der Waals surface area (Å²) in [6.45, 7) is 3.57. The van der Waals surface area contributed by atoms with E-state index in [1.807, 2.05) is 12.1 Å². The van der Waals surface area contributed by atoms with E-state index >= 15 is 0 Å². The summed E-state index contributed by atoms with van der Waals surface area (Å²) in [6, 6.07) is 3.59. The van der Waals surface area contributed by atoms with Gasteiger partial charge in [0.15, 0.2) is 0 Å². The molecule has 1 aromatic heterocycles. The minimum atomic E-state index is -0.281. The lowest BCUT2D eigenvalue weighted by Crippen LogP contribution is -2.46. The van der Waals surface area contributed by atoms with E-state index in [9.17, 15) is 4.79 Å². The van der Waals surface area contributed by atoms with Gasteiger partial charge in [-0.15, -0.1) is 0 Å². The summed E-state index contributed by atoms with van der Waals surface area (Å²) in [7, 11) is 0. The predicted molar refractivity (Wildman–Crippen MR) is 88.9 cm³/mol. The van der Waals surface area contributed by atoms with E-state index in [1.165, 1.54) is 18.4 Å². The molecule has 0 spiro atoms. The van der Waals surface area contributed by atoms with Crippen molar-refractivity contribution in [3.05, 3.63) is 41.7 Å².